The largest absolute Gasteiger partial charge is 0.396 e. The second-order valence-corrected chi connectivity index (χ2v) is 5.56. The maximum absolute atomic E-state index is 8.66. The van der Waals surface area contributed by atoms with Crippen molar-refractivity contribution in [1.29, 1.82) is 5.26 Å². The van der Waals surface area contributed by atoms with Crippen LogP contribution >= 0.6 is 0 Å². The van der Waals surface area contributed by atoms with Crippen LogP contribution in [0.2, 0.25) is 0 Å². The fraction of sp³-hybridized carbons (Fsp3) is 0.737. The van der Waals surface area contributed by atoms with E-state index in [2.05, 4.69) is 30.4 Å². The predicted octanol–water partition coefficient (Wildman–Crippen LogP) is 5.69. The van der Waals surface area contributed by atoms with Crippen LogP contribution in [0.1, 0.15) is 83.5 Å². The maximum atomic E-state index is 8.66. The quantitative estimate of drug-likeness (QED) is 0.311. The van der Waals surface area contributed by atoms with Crippen LogP contribution in [0.25, 0.3) is 0 Å². The fourth-order valence-electron chi connectivity index (χ4n) is 2.21. The van der Waals surface area contributed by atoms with Gasteiger partial charge in [0.15, 0.2) is 0 Å². The summed E-state index contributed by atoms with van der Waals surface area (Å²) in [5, 5.41) is 17.1. The third-order valence-corrected chi connectivity index (χ3v) is 3.52. The Morgan fingerprint density at radius 2 is 1.10 bits per heavy atom. The summed E-state index contributed by atoms with van der Waals surface area (Å²) in [7, 11) is 0. The minimum atomic E-state index is 0.335. The van der Waals surface area contributed by atoms with Crippen molar-refractivity contribution >= 4 is 0 Å². The van der Waals surface area contributed by atoms with Crippen molar-refractivity contribution in [3.8, 4) is 6.07 Å². The van der Waals surface area contributed by atoms with Crippen LogP contribution in [0.3, 0.4) is 0 Å². The molecule has 0 heterocycles. The third-order valence-electron chi connectivity index (χ3n) is 3.52. The maximum Gasteiger partial charge on any atom is 0.0621 e. The normalized spacial score (nSPS) is 11.4. The molecule has 0 unspecified atom stereocenters. The molecule has 0 amide bonds. The summed E-state index contributed by atoms with van der Waals surface area (Å²) in [4.78, 5) is 0. The van der Waals surface area contributed by atoms with Crippen molar-refractivity contribution in [3.63, 3.8) is 0 Å². The molecule has 0 bridgehead atoms. The average Bonchev–Trinajstić information content (AvgIpc) is 2.50. The van der Waals surface area contributed by atoms with E-state index in [0.717, 1.165) is 32.1 Å². The lowest BCUT2D eigenvalue weighted by Gasteiger charge is -1.96. The van der Waals surface area contributed by atoms with E-state index in [-0.39, 0.29) is 0 Å². The average molecular weight is 291 g/mol. The summed E-state index contributed by atoms with van der Waals surface area (Å²) in [6.45, 7) is 0.335. The summed E-state index contributed by atoms with van der Waals surface area (Å²) >= 11 is 0. The van der Waals surface area contributed by atoms with Crippen molar-refractivity contribution in [3.05, 3.63) is 24.3 Å². The zero-order chi connectivity index (χ0) is 15.4. The minimum absolute atomic E-state index is 0.335. The lowest BCUT2D eigenvalue weighted by molar-refractivity contribution is 0.282. The molecule has 0 rings (SSSR count). The van der Waals surface area contributed by atoms with Crippen molar-refractivity contribution in [2.24, 2.45) is 0 Å². The molecular formula is C19H33NO. The highest BCUT2D eigenvalue weighted by atomic mass is 16.2. The zero-order valence-corrected chi connectivity index (χ0v) is 13.6. The van der Waals surface area contributed by atoms with Gasteiger partial charge in [-0.3, -0.25) is 0 Å². The van der Waals surface area contributed by atoms with Gasteiger partial charge in [0.2, 0.25) is 0 Å². The molecular weight excluding hydrogens is 258 g/mol. The Balaban J connectivity index is 3.16. The van der Waals surface area contributed by atoms with Crippen molar-refractivity contribution in [2.75, 3.05) is 6.61 Å². The molecule has 0 atom stereocenters. The van der Waals surface area contributed by atoms with Gasteiger partial charge >= 0.3 is 0 Å². The van der Waals surface area contributed by atoms with Gasteiger partial charge in [-0.05, 0) is 51.4 Å². The third kappa shape index (κ3) is 18.9. The smallest absolute Gasteiger partial charge is 0.0621 e. The van der Waals surface area contributed by atoms with Crippen LogP contribution in [-0.4, -0.2) is 11.7 Å². The lowest BCUT2D eigenvalue weighted by atomic mass is 10.1. The number of allylic oxidation sites excluding steroid dienone is 4. The van der Waals surface area contributed by atoms with E-state index in [4.69, 9.17) is 10.4 Å². The second kappa shape index (κ2) is 18.9. The zero-order valence-electron chi connectivity index (χ0n) is 13.6. The number of nitriles is 1. The first-order valence-corrected chi connectivity index (χ1v) is 8.69. The van der Waals surface area contributed by atoms with Crippen LogP contribution in [0.4, 0.5) is 0 Å². The number of aliphatic hydroxyl groups is 1. The monoisotopic (exact) mass is 291 g/mol. The van der Waals surface area contributed by atoms with Crippen LogP contribution in [-0.2, 0) is 0 Å². The Labute approximate surface area is 131 Å². The second-order valence-electron chi connectivity index (χ2n) is 5.56. The van der Waals surface area contributed by atoms with E-state index in [1.807, 2.05) is 0 Å². The first kappa shape index (κ1) is 19.9. The number of aliphatic hydroxyl groups excluding tert-OH is 1. The standard InChI is InChI=1S/C19H33NO/c20-18-16-14-12-10-8-6-4-2-1-3-5-7-9-11-13-15-17-19-21/h2,4-5,7,21H,1,3,6,8-17,19H2/b4-2+,7-5+. The molecule has 0 spiro atoms. The molecule has 0 aromatic rings. The molecule has 0 aliphatic heterocycles. The van der Waals surface area contributed by atoms with Gasteiger partial charge in [0.1, 0.15) is 0 Å². The number of rotatable bonds is 15. The predicted molar refractivity (Wildman–Crippen MR) is 91.0 cm³/mol. The Kier molecular flexibility index (Phi) is 18.0. The summed E-state index contributed by atoms with van der Waals surface area (Å²) in [5.74, 6) is 0. The Hall–Kier alpha value is -1.07. The number of hydrogen-bond donors (Lipinski definition) is 1. The van der Waals surface area contributed by atoms with E-state index < -0.39 is 0 Å². The molecule has 0 saturated heterocycles. The van der Waals surface area contributed by atoms with Gasteiger partial charge in [-0.25, -0.2) is 0 Å². The van der Waals surface area contributed by atoms with E-state index in [9.17, 15) is 0 Å². The highest BCUT2D eigenvalue weighted by Gasteiger charge is 1.88. The van der Waals surface area contributed by atoms with Gasteiger partial charge in [0, 0.05) is 13.0 Å². The molecule has 2 nitrogen and oxygen atoms in total. The van der Waals surface area contributed by atoms with E-state index in [1.165, 1.54) is 44.9 Å². The van der Waals surface area contributed by atoms with Gasteiger partial charge in [0.05, 0.1) is 6.07 Å². The molecule has 0 aliphatic rings. The Morgan fingerprint density at radius 1 is 0.619 bits per heavy atom. The Bertz CT molecular complexity index is 288. The van der Waals surface area contributed by atoms with Crippen molar-refractivity contribution in [2.45, 2.75) is 83.5 Å². The first-order chi connectivity index (χ1) is 10.4. The number of nitrogens with zero attached hydrogens (tertiary/aromatic N) is 1. The molecule has 21 heavy (non-hydrogen) atoms. The SMILES string of the molecule is N#CCCCCCC/C=C/CC/C=C/CCCCCCO. The van der Waals surface area contributed by atoms with Crippen LogP contribution in [0, 0.1) is 11.3 Å². The molecule has 0 aliphatic carbocycles. The van der Waals surface area contributed by atoms with Gasteiger partial charge in [0.25, 0.3) is 0 Å². The number of unbranched alkanes of at least 4 members (excludes halogenated alkanes) is 10. The molecule has 2 heteroatoms. The summed E-state index contributed by atoms with van der Waals surface area (Å²) in [6, 6.07) is 2.19. The highest BCUT2D eigenvalue weighted by molar-refractivity contribution is 4.88. The lowest BCUT2D eigenvalue weighted by Crippen LogP contribution is -1.82. The summed E-state index contributed by atoms with van der Waals surface area (Å²) in [5.41, 5.74) is 0. The van der Waals surface area contributed by atoms with Crippen molar-refractivity contribution in [1.82, 2.24) is 0 Å². The topological polar surface area (TPSA) is 44.0 Å². The molecule has 0 fully saturated rings. The molecule has 120 valence electrons. The number of hydrogen-bond acceptors (Lipinski definition) is 2. The highest BCUT2D eigenvalue weighted by Crippen LogP contribution is 2.06. The Morgan fingerprint density at radius 3 is 1.62 bits per heavy atom. The molecule has 0 aromatic carbocycles. The van der Waals surface area contributed by atoms with Crippen molar-refractivity contribution < 1.29 is 5.11 Å². The fourth-order valence-corrected chi connectivity index (χ4v) is 2.21. The molecule has 0 radical (unpaired) electrons. The van der Waals surface area contributed by atoms with Crippen LogP contribution < -0.4 is 0 Å². The van der Waals surface area contributed by atoms with Gasteiger partial charge in [-0.15, -0.1) is 0 Å². The van der Waals surface area contributed by atoms with E-state index in [0.29, 0.717) is 13.0 Å². The summed E-state index contributed by atoms with van der Waals surface area (Å²) in [6.07, 6.45) is 23.9. The van der Waals surface area contributed by atoms with E-state index in [1.54, 1.807) is 0 Å². The molecule has 0 saturated carbocycles. The first-order valence-electron chi connectivity index (χ1n) is 8.69. The minimum Gasteiger partial charge on any atom is -0.396 e. The van der Waals surface area contributed by atoms with E-state index >= 15 is 0 Å². The molecule has 1 N–H and O–H groups in total. The summed E-state index contributed by atoms with van der Waals surface area (Å²) < 4.78 is 0. The van der Waals surface area contributed by atoms with Crippen LogP contribution in [0.15, 0.2) is 24.3 Å². The van der Waals surface area contributed by atoms with Gasteiger partial charge in [-0.1, -0.05) is 50.0 Å². The van der Waals surface area contributed by atoms with Gasteiger partial charge in [-0.2, -0.15) is 5.26 Å². The van der Waals surface area contributed by atoms with Gasteiger partial charge < -0.3 is 5.11 Å². The van der Waals surface area contributed by atoms with Crippen LogP contribution in [0.5, 0.6) is 0 Å². The molecule has 0 aromatic heterocycles.